The molecule has 0 radical (unpaired) electrons. The van der Waals surface area contributed by atoms with E-state index in [0.29, 0.717) is 0 Å². The first-order valence-corrected chi connectivity index (χ1v) is 18.3. The lowest BCUT2D eigenvalue weighted by Gasteiger charge is -2.29. The number of hydrogen-bond acceptors (Lipinski definition) is 1. The molecule has 10 aromatic rings. The Bertz CT molecular complexity index is 2940. The molecule has 0 saturated carbocycles. The molecule has 0 amide bonds. The van der Waals surface area contributed by atoms with Crippen molar-refractivity contribution in [1.29, 1.82) is 0 Å². The predicted octanol–water partition coefficient (Wildman–Crippen LogP) is 14.8. The van der Waals surface area contributed by atoms with Gasteiger partial charge in [0, 0.05) is 16.6 Å². The molecule has 10 rings (SSSR count). The minimum absolute atomic E-state index is 1.12. The van der Waals surface area contributed by atoms with Crippen molar-refractivity contribution >= 4 is 60.2 Å². The summed E-state index contributed by atoms with van der Waals surface area (Å²) in [6.07, 6.45) is 0. The molecule has 248 valence electrons. The summed E-state index contributed by atoms with van der Waals surface area (Å²) in [6, 6.07) is 77.3. The molecule has 0 spiro atoms. The van der Waals surface area contributed by atoms with E-state index in [-0.39, 0.29) is 0 Å². The summed E-state index contributed by atoms with van der Waals surface area (Å²) in [4.78, 5) is 2.45. The summed E-state index contributed by atoms with van der Waals surface area (Å²) in [5.74, 6) is 0. The molecule has 1 nitrogen and oxygen atoms in total. The highest BCUT2D eigenvalue weighted by Crippen LogP contribution is 2.48. The van der Waals surface area contributed by atoms with Gasteiger partial charge in [0.05, 0.1) is 11.4 Å². The number of rotatable bonds is 6. The first-order chi connectivity index (χ1) is 26.3. The number of benzene rings is 10. The van der Waals surface area contributed by atoms with E-state index in [1.54, 1.807) is 0 Å². The molecular formula is C52H35N. The van der Waals surface area contributed by atoms with Crippen molar-refractivity contribution in [2.75, 3.05) is 4.90 Å². The van der Waals surface area contributed by atoms with Crippen LogP contribution in [-0.2, 0) is 0 Å². The predicted molar refractivity (Wildman–Crippen MR) is 227 cm³/mol. The first kappa shape index (κ1) is 30.8. The minimum atomic E-state index is 1.12. The maximum atomic E-state index is 2.45. The molecule has 0 aliphatic rings. The molecule has 0 saturated heterocycles. The normalized spacial score (nSPS) is 11.4. The maximum absolute atomic E-state index is 2.45. The molecule has 0 heterocycles. The maximum Gasteiger partial charge on any atom is 0.0540 e. The average molecular weight is 674 g/mol. The zero-order valence-corrected chi connectivity index (χ0v) is 29.2. The number of anilines is 3. The van der Waals surface area contributed by atoms with Crippen LogP contribution in [0, 0.1) is 0 Å². The Labute approximate surface area is 309 Å². The van der Waals surface area contributed by atoms with Gasteiger partial charge in [-0.25, -0.2) is 0 Å². The third-order valence-electron chi connectivity index (χ3n) is 10.6. The molecule has 0 bridgehead atoms. The van der Waals surface area contributed by atoms with Gasteiger partial charge < -0.3 is 4.90 Å². The lowest BCUT2D eigenvalue weighted by molar-refractivity contribution is 1.30. The summed E-state index contributed by atoms with van der Waals surface area (Å²) in [5.41, 5.74) is 10.7. The van der Waals surface area contributed by atoms with Crippen molar-refractivity contribution in [3.8, 4) is 33.4 Å². The van der Waals surface area contributed by atoms with Crippen LogP contribution in [0.3, 0.4) is 0 Å². The van der Waals surface area contributed by atoms with Crippen LogP contribution in [0.1, 0.15) is 0 Å². The lowest BCUT2D eigenvalue weighted by Crippen LogP contribution is -2.11. The van der Waals surface area contributed by atoms with Gasteiger partial charge in [-0.2, -0.15) is 0 Å². The van der Waals surface area contributed by atoms with Crippen LogP contribution in [0.25, 0.3) is 76.5 Å². The highest BCUT2D eigenvalue weighted by molar-refractivity contribution is 6.22. The summed E-state index contributed by atoms with van der Waals surface area (Å²) in [5, 5.41) is 9.88. The number of fused-ring (bicyclic) bond motifs is 5. The van der Waals surface area contributed by atoms with Crippen LogP contribution in [0.2, 0.25) is 0 Å². The zero-order valence-electron chi connectivity index (χ0n) is 29.2. The summed E-state index contributed by atoms with van der Waals surface area (Å²) in [7, 11) is 0. The summed E-state index contributed by atoms with van der Waals surface area (Å²) >= 11 is 0. The fourth-order valence-electron chi connectivity index (χ4n) is 8.21. The van der Waals surface area contributed by atoms with Crippen molar-refractivity contribution in [1.82, 2.24) is 0 Å². The van der Waals surface area contributed by atoms with Crippen LogP contribution >= 0.6 is 0 Å². The topological polar surface area (TPSA) is 3.24 Å². The molecule has 0 unspecified atom stereocenters. The van der Waals surface area contributed by atoms with E-state index in [0.717, 1.165) is 17.1 Å². The summed E-state index contributed by atoms with van der Waals surface area (Å²) in [6.45, 7) is 0. The van der Waals surface area contributed by atoms with E-state index in [1.165, 1.54) is 76.5 Å². The van der Waals surface area contributed by atoms with Crippen molar-refractivity contribution in [3.05, 3.63) is 212 Å². The second-order valence-corrected chi connectivity index (χ2v) is 13.7. The van der Waals surface area contributed by atoms with E-state index in [1.807, 2.05) is 0 Å². The highest BCUT2D eigenvalue weighted by atomic mass is 15.1. The second-order valence-electron chi connectivity index (χ2n) is 13.7. The first-order valence-electron chi connectivity index (χ1n) is 18.3. The van der Waals surface area contributed by atoms with Gasteiger partial charge in [0.25, 0.3) is 0 Å². The van der Waals surface area contributed by atoms with Gasteiger partial charge in [0.1, 0.15) is 0 Å². The Balaban J connectivity index is 1.27. The molecule has 0 fully saturated rings. The van der Waals surface area contributed by atoms with Crippen molar-refractivity contribution in [2.45, 2.75) is 0 Å². The molecule has 53 heavy (non-hydrogen) atoms. The van der Waals surface area contributed by atoms with Crippen LogP contribution in [0.5, 0.6) is 0 Å². The second kappa shape index (κ2) is 13.0. The standard InChI is InChI=1S/C52H35N/c1-3-18-38(19-4-1)51-47-27-12-11-26-45(47)46-33-31-41(35-48(46)52(51)39-20-5-2-6-21-39)44-25-13-14-28-49(44)53(42-32-30-36-16-7-8-22-40(36)34-42)50-29-15-23-37-17-9-10-24-43(37)50/h1-35H. The summed E-state index contributed by atoms with van der Waals surface area (Å²) < 4.78 is 0. The molecule has 0 aliphatic carbocycles. The monoisotopic (exact) mass is 673 g/mol. The van der Waals surface area contributed by atoms with Crippen LogP contribution in [-0.4, -0.2) is 0 Å². The Morgan fingerprint density at radius 1 is 0.264 bits per heavy atom. The van der Waals surface area contributed by atoms with Crippen LogP contribution in [0.15, 0.2) is 212 Å². The van der Waals surface area contributed by atoms with Gasteiger partial charge in [-0.1, -0.05) is 182 Å². The minimum Gasteiger partial charge on any atom is -0.309 e. The number of nitrogens with zero attached hydrogens (tertiary/aromatic N) is 1. The van der Waals surface area contributed by atoms with Gasteiger partial charge in [0.2, 0.25) is 0 Å². The number of para-hydroxylation sites is 1. The Kier molecular flexibility index (Phi) is 7.55. The van der Waals surface area contributed by atoms with Crippen molar-refractivity contribution < 1.29 is 0 Å². The van der Waals surface area contributed by atoms with Crippen LogP contribution < -0.4 is 4.90 Å². The quantitative estimate of drug-likeness (QED) is 0.159. The third kappa shape index (κ3) is 5.34. The molecule has 0 atom stereocenters. The third-order valence-corrected chi connectivity index (χ3v) is 10.6. The molecule has 1 heteroatoms. The lowest BCUT2D eigenvalue weighted by atomic mass is 9.84. The largest absolute Gasteiger partial charge is 0.309 e. The fourth-order valence-corrected chi connectivity index (χ4v) is 8.21. The molecule has 0 aromatic heterocycles. The Morgan fingerprint density at radius 3 is 1.58 bits per heavy atom. The van der Waals surface area contributed by atoms with E-state index in [2.05, 4.69) is 217 Å². The van der Waals surface area contributed by atoms with E-state index in [9.17, 15) is 0 Å². The van der Waals surface area contributed by atoms with E-state index >= 15 is 0 Å². The highest BCUT2D eigenvalue weighted by Gasteiger charge is 2.22. The Hall–Kier alpha value is -6.96. The smallest absolute Gasteiger partial charge is 0.0540 e. The van der Waals surface area contributed by atoms with Crippen LogP contribution in [0.4, 0.5) is 17.1 Å². The molecule has 0 N–H and O–H groups in total. The van der Waals surface area contributed by atoms with Gasteiger partial charge in [-0.15, -0.1) is 0 Å². The van der Waals surface area contributed by atoms with Gasteiger partial charge in [-0.3, -0.25) is 0 Å². The zero-order chi connectivity index (χ0) is 35.1. The molecule has 0 aliphatic heterocycles. The van der Waals surface area contributed by atoms with Crippen molar-refractivity contribution in [2.24, 2.45) is 0 Å². The van der Waals surface area contributed by atoms with E-state index in [4.69, 9.17) is 0 Å². The Morgan fingerprint density at radius 2 is 0.811 bits per heavy atom. The van der Waals surface area contributed by atoms with Gasteiger partial charge in [-0.05, 0) is 95.9 Å². The number of hydrogen-bond donors (Lipinski definition) is 0. The van der Waals surface area contributed by atoms with Gasteiger partial charge in [0.15, 0.2) is 0 Å². The van der Waals surface area contributed by atoms with E-state index < -0.39 is 0 Å². The van der Waals surface area contributed by atoms with Crippen molar-refractivity contribution in [3.63, 3.8) is 0 Å². The SMILES string of the molecule is c1ccc(-c2c(-c3ccccc3)c3cc(-c4ccccc4N(c4ccc5ccccc5c4)c4cccc5ccccc45)ccc3c3ccccc23)cc1. The fraction of sp³-hybridized carbons (Fsp3) is 0. The molecule has 10 aromatic carbocycles. The average Bonchev–Trinajstić information content (AvgIpc) is 3.24. The molecular weight excluding hydrogens is 639 g/mol. The van der Waals surface area contributed by atoms with Gasteiger partial charge >= 0.3 is 0 Å².